The Hall–Kier alpha value is -1.12. The van der Waals surface area contributed by atoms with E-state index in [1.807, 2.05) is 0 Å². The summed E-state index contributed by atoms with van der Waals surface area (Å²) in [4.78, 5) is -0.0253. The topological polar surface area (TPSA) is 63.2 Å². The molecule has 0 bridgehead atoms. The van der Waals surface area contributed by atoms with Crippen LogP contribution in [0.2, 0.25) is 0 Å². The van der Waals surface area contributed by atoms with Crippen molar-refractivity contribution in [3.05, 3.63) is 17.9 Å². The van der Waals surface area contributed by atoms with E-state index < -0.39 is 15.8 Å². The second-order valence-corrected chi connectivity index (χ2v) is 5.94. The standard InChI is InChI=1S/C8H8FN3O2S2/c1-12(2)16(13,14)6-4-3-5(9)7-8(6)11-15-10-7/h3-4H,1-2H3. The van der Waals surface area contributed by atoms with Crippen molar-refractivity contribution in [3.8, 4) is 0 Å². The first kappa shape index (κ1) is 11.4. The van der Waals surface area contributed by atoms with Crippen molar-refractivity contribution in [2.75, 3.05) is 14.1 Å². The Kier molecular flexibility index (Phi) is 2.64. The van der Waals surface area contributed by atoms with Gasteiger partial charge in [0.1, 0.15) is 15.9 Å². The summed E-state index contributed by atoms with van der Waals surface area (Å²) in [6.45, 7) is 0. The van der Waals surface area contributed by atoms with E-state index in [0.717, 1.165) is 22.1 Å². The first-order chi connectivity index (χ1) is 7.44. The van der Waals surface area contributed by atoms with Crippen molar-refractivity contribution in [2.45, 2.75) is 4.90 Å². The van der Waals surface area contributed by atoms with Crippen LogP contribution in [0, 0.1) is 5.82 Å². The average Bonchev–Trinajstić information content (AvgIpc) is 2.66. The number of hydrogen-bond donors (Lipinski definition) is 0. The minimum atomic E-state index is -3.62. The van der Waals surface area contributed by atoms with Crippen LogP contribution >= 0.6 is 11.7 Å². The van der Waals surface area contributed by atoms with Gasteiger partial charge in [-0.15, -0.1) is 0 Å². The summed E-state index contributed by atoms with van der Waals surface area (Å²) in [6, 6.07) is 2.29. The van der Waals surface area contributed by atoms with Crippen LogP contribution in [0.15, 0.2) is 17.0 Å². The number of aromatic nitrogens is 2. The van der Waals surface area contributed by atoms with Gasteiger partial charge in [-0.3, -0.25) is 0 Å². The number of fused-ring (bicyclic) bond motifs is 1. The van der Waals surface area contributed by atoms with Crippen molar-refractivity contribution in [1.29, 1.82) is 0 Å². The van der Waals surface area contributed by atoms with E-state index in [1.165, 1.54) is 20.2 Å². The second kappa shape index (κ2) is 3.72. The molecule has 16 heavy (non-hydrogen) atoms. The van der Waals surface area contributed by atoms with Crippen LogP contribution < -0.4 is 0 Å². The van der Waals surface area contributed by atoms with E-state index >= 15 is 0 Å². The van der Waals surface area contributed by atoms with Gasteiger partial charge in [0.25, 0.3) is 0 Å². The molecule has 0 saturated carbocycles. The fourth-order valence-corrected chi connectivity index (χ4v) is 2.86. The maximum atomic E-state index is 13.3. The molecular weight excluding hydrogens is 253 g/mol. The Morgan fingerprint density at radius 2 is 1.88 bits per heavy atom. The van der Waals surface area contributed by atoms with Gasteiger partial charge >= 0.3 is 0 Å². The van der Waals surface area contributed by atoms with Gasteiger partial charge in [0.05, 0.1) is 11.7 Å². The van der Waals surface area contributed by atoms with Gasteiger partial charge in [0, 0.05) is 14.1 Å². The highest BCUT2D eigenvalue weighted by molar-refractivity contribution is 7.89. The van der Waals surface area contributed by atoms with E-state index in [-0.39, 0.29) is 15.9 Å². The van der Waals surface area contributed by atoms with E-state index in [0.29, 0.717) is 0 Å². The minimum absolute atomic E-state index is 0.00655. The molecule has 0 aliphatic heterocycles. The monoisotopic (exact) mass is 261 g/mol. The van der Waals surface area contributed by atoms with Crippen LogP contribution in [-0.2, 0) is 10.0 Å². The van der Waals surface area contributed by atoms with Gasteiger partial charge in [-0.25, -0.2) is 17.1 Å². The van der Waals surface area contributed by atoms with Gasteiger partial charge in [0.2, 0.25) is 10.0 Å². The molecule has 0 saturated heterocycles. The lowest BCUT2D eigenvalue weighted by atomic mass is 10.3. The Morgan fingerprint density at radius 1 is 1.25 bits per heavy atom. The first-order valence-electron chi connectivity index (χ1n) is 4.28. The number of benzene rings is 1. The van der Waals surface area contributed by atoms with Crippen molar-refractivity contribution >= 4 is 32.8 Å². The molecule has 5 nitrogen and oxygen atoms in total. The van der Waals surface area contributed by atoms with Gasteiger partial charge in [0.15, 0.2) is 5.82 Å². The van der Waals surface area contributed by atoms with Gasteiger partial charge in [-0.2, -0.15) is 8.75 Å². The fourth-order valence-electron chi connectivity index (χ4n) is 1.22. The molecule has 2 aromatic rings. The largest absolute Gasteiger partial charge is 0.244 e. The lowest BCUT2D eigenvalue weighted by Crippen LogP contribution is -2.22. The molecule has 0 amide bonds. The third kappa shape index (κ3) is 1.58. The highest BCUT2D eigenvalue weighted by Crippen LogP contribution is 2.25. The van der Waals surface area contributed by atoms with E-state index in [4.69, 9.17) is 0 Å². The molecular formula is C8H8FN3O2S2. The van der Waals surface area contributed by atoms with Crippen LogP contribution in [0.5, 0.6) is 0 Å². The molecule has 8 heteroatoms. The van der Waals surface area contributed by atoms with Crippen molar-refractivity contribution in [1.82, 2.24) is 13.1 Å². The van der Waals surface area contributed by atoms with Crippen LogP contribution in [0.3, 0.4) is 0 Å². The van der Waals surface area contributed by atoms with Gasteiger partial charge in [-0.05, 0) is 12.1 Å². The molecule has 0 N–H and O–H groups in total. The predicted molar refractivity (Wildman–Crippen MR) is 58.2 cm³/mol. The third-order valence-corrected chi connectivity index (χ3v) is 4.46. The lowest BCUT2D eigenvalue weighted by Gasteiger charge is -2.11. The zero-order valence-corrected chi connectivity index (χ0v) is 10.1. The minimum Gasteiger partial charge on any atom is -0.207 e. The Morgan fingerprint density at radius 3 is 2.50 bits per heavy atom. The molecule has 1 heterocycles. The number of nitrogens with zero attached hydrogens (tertiary/aromatic N) is 3. The Bertz CT molecular complexity index is 636. The highest BCUT2D eigenvalue weighted by Gasteiger charge is 2.23. The van der Waals surface area contributed by atoms with E-state index in [1.54, 1.807) is 0 Å². The molecule has 1 aromatic carbocycles. The molecule has 0 aliphatic rings. The van der Waals surface area contributed by atoms with Crippen LogP contribution in [-0.4, -0.2) is 35.6 Å². The summed E-state index contributed by atoms with van der Waals surface area (Å²) in [7, 11) is -0.805. The fraction of sp³-hybridized carbons (Fsp3) is 0.250. The quantitative estimate of drug-likeness (QED) is 0.811. The van der Waals surface area contributed by atoms with Gasteiger partial charge < -0.3 is 0 Å². The maximum Gasteiger partial charge on any atom is 0.244 e. The summed E-state index contributed by atoms with van der Waals surface area (Å²) < 4.78 is 45.7. The molecule has 1 aromatic heterocycles. The van der Waals surface area contributed by atoms with E-state index in [2.05, 4.69) is 8.75 Å². The van der Waals surface area contributed by atoms with Crippen molar-refractivity contribution in [2.24, 2.45) is 0 Å². The Labute approximate surface area is 95.9 Å². The molecule has 0 fully saturated rings. The summed E-state index contributed by atoms with van der Waals surface area (Å²) in [6.07, 6.45) is 0. The molecule has 0 radical (unpaired) electrons. The second-order valence-electron chi connectivity index (χ2n) is 3.29. The molecule has 0 spiro atoms. The van der Waals surface area contributed by atoms with E-state index in [9.17, 15) is 12.8 Å². The SMILES string of the molecule is CN(C)S(=O)(=O)c1ccc(F)c2nsnc12. The normalized spacial score (nSPS) is 12.5. The summed E-state index contributed by atoms with van der Waals surface area (Å²) in [5, 5.41) is 0. The van der Waals surface area contributed by atoms with Crippen LogP contribution in [0.4, 0.5) is 4.39 Å². The Balaban J connectivity index is 2.81. The smallest absolute Gasteiger partial charge is 0.207 e. The van der Waals surface area contributed by atoms with Crippen molar-refractivity contribution in [3.63, 3.8) is 0 Å². The third-order valence-electron chi connectivity index (χ3n) is 2.09. The zero-order valence-electron chi connectivity index (χ0n) is 8.51. The number of hydrogen-bond acceptors (Lipinski definition) is 5. The summed E-state index contributed by atoms with van der Waals surface area (Å²) >= 11 is 0.786. The summed E-state index contributed by atoms with van der Waals surface area (Å²) in [5.41, 5.74) is 0.0756. The number of rotatable bonds is 2. The average molecular weight is 261 g/mol. The molecule has 0 unspecified atom stereocenters. The highest BCUT2D eigenvalue weighted by atomic mass is 32.2. The molecule has 2 rings (SSSR count). The molecule has 86 valence electrons. The molecule has 0 aliphatic carbocycles. The number of sulfonamides is 1. The van der Waals surface area contributed by atoms with Crippen LogP contribution in [0.1, 0.15) is 0 Å². The van der Waals surface area contributed by atoms with Crippen molar-refractivity contribution < 1.29 is 12.8 Å². The maximum absolute atomic E-state index is 13.3. The number of halogens is 1. The zero-order chi connectivity index (χ0) is 11.9. The predicted octanol–water partition coefficient (Wildman–Crippen LogP) is 1.08. The first-order valence-corrected chi connectivity index (χ1v) is 6.45. The molecule has 0 atom stereocenters. The lowest BCUT2D eigenvalue weighted by molar-refractivity contribution is 0.521. The summed E-state index contributed by atoms with van der Waals surface area (Å²) in [5.74, 6) is -0.568. The van der Waals surface area contributed by atoms with Gasteiger partial charge in [-0.1, -0.05) is 0 Å². The van der Waals surface area contributed by atoms with Crippen LogP contribution in [0.25, 0.3) is 11.0 Å².